The van der Waals surface area contributed by atoms with Gasteiger partial charge in [-0.2, -0.15) is 0 Å². The van der Waals surface area contributed by atoms with Crippen LogP contribution in [0.25, 0.3) is 0 Å². The summed E-state index contributed by atoms with van der Waals surface area (Å²) >= 11 is 0. The van der Waals surface area contributed by atoms with Gasteiger partial charge >= 0.3 is 0 Å². The summed E-state index contributed by atoms with van der Waals surface area (Å²) in [7, 11) is 0. The monoisotopic (exact) mass is 493 g/mol. The van der Waals surface area contributed by atoms with E-state index in [0.717, 1.165) is 32.1 Å². The Morgan fingerprint density at radius 1 is 0.514 bits per heavy atom. The molecule has 1 N–H and O–H groups in total. The molecule has 0 aromatic rings. The normalized spacial score (nSPS) is 13.0. The number of Topliss-reactive ketones (excluding diaryl/α,β-unsaturated/α-hetero) is 1. The molecule has 0 aliphatic heterocycles. The molecule has 0 radical (unpaired) electrons. The summed E-state index contributed by atoms with van der Waals surface area (Å²) in [5, 5.41) is 3.06. The van der Waals surface area contributed by atoms with E-state index in [0.29, 0.717) is 12.8 Å². The molecule has 35 heavy (non-hydrogen) atoms. The third-order valence-electron chi connectivity index (χ3n) is 7.66. The van der Waals surface area contributed by atoms with Crippen LogP contribution in [0.1, 0.15) is 182 Å². The average molecular weight is 494 g/mol. The molecule has 0 bridgehead atoms. The molecular weight excluding hydrogens is 430 g/mol. The van der Waals surface area contributed by atoms with E-state index in [1.54, 1.807) is 0 Å². The molecule has 0 aliphatic carbocycles. The lowest BCUT2D eigenvalue weighted by molar-refractivity contribution is -0.129. The molecular formula is C32H63NO2. The Kier molecular flexibility index (Phi) is 25.6. The minimum atomic E-state index is -0.292. The van der Waals surface area contributed by atoms with Crippen LogP contribution < -0.4 is 5.32 Å². The average Bonchev–Trinajstić information content (AvgIpc) is 2.86. The molecule has 0 aromatic carbocycles. The summed E-state index contributed by atoms with van der Waals surface area (Å²) in [6, 6.07) is -0.292. The van der Waals surface area contributed by atoms with Gasteiger partial charge in [-0.25, -0.2) is 0 Å². The third-order valence-corrected chi connectivity index (χ3v) is 7.66. The fourth-order valence-electron chi connectivity index (χ4n) is 4.91. The predicted octanol–water partition coefficient (Wildman–Crippen LogP) is 10.1. The van der Waals surface area contributed by atoms with Crippen molar-refractivity contribution in [3.8, 4) is 0 Å². The molecule has 0 heterocycles. The highest BCUT2D eigenvalue weighted by molar-refractivity contribution is 5.89. The number of carbonyl (C=O) groups excluding carboxylic acids is 2. The van der Waals surface area contributed by atoms with Gasteiger partial charge in [-0.05, 0) is 18.8 Å². The number of nitrogens with one attached hydrogen (secondary N) is 1. The minimum absolute atomic E-state index is 0.0576. The van der Waals surface area contributed by atoms with Crippen molar-refractivity contribution in [3.63, 3.8) is 0 Å². The second-order valence-electron chi connectivity index (χ2n) is 11.1. The highest BCUT2D eigenvalue weighted by Crippen LogP contribution is 2.16. The van der Waals surface area contributed by atoms with Crippen molar-refractivity contribution in [1.29, 1.82) is 0 Å². The lowest BCUT2D eigenvalue weighted by Gasteiger charge is -2.23. The molecule has 0 spiro atoms. The first kappa shape index (κ1) is 34.1. The molecule has 0 fully saturated rings. The molecule has 2 atom stereocenters. The first-order valence-corrected chi connectivity index (χ1v) is 15.9. The van der Waals surface area contributed by atoms with Gasteiger partial charge in [0.05, 0.1) is 6.04 Å². The standard InChI is InChI=1S/C32H63NO2/c1-5-8-10-12-13-14-15-16-17-18-19-20-21-22-23-24-25-27-30(34)32(29(4)7-3)33-31(35)28-26-11-9-6-2/h29,32H,5-28H2,1-4H3,(H,33,35). The Morgan fingerprint density at radius 3 is 1.26 bits per heavy atom. The van der Waals surface area contributed by atoms with Crippen LogP contribution in [0.4, 0.5) is 0 Å². The van der Waals surface area contributed by atoms with Gasteiger partial charge in [-0.3, -0.25) is 9.59 Å². The number of carbonyl (C=O) groups is 2. The molecule has 2 unspecified atom stereocenters. The Hall–Kier alpha value is -0.860. The molecule has 1 amide bonds. The van der Waals surface area contributed by atoms with E-state index in [9.17, 15) is 9.59 Å². The third kappa shape index (κ3) is 22.1. The van der Waals surface area contributed by atoms with Crippen molar-refractivity contribution in [1.82, 2.24) is 5.32 Å². The van der Waals surface area contributed by atoms with Gasteiger partial charge < -0.3 is 5.32 Å². The SMILES string of the molecule is CCCCCCCCCCCCCCCCCCCC(=O)C(NC(=O)CCCCCC)C(C)CC. The van der Waals surface area contributed by atoms with Crippen LogP contribution in [-0.2, 0) is 9.59 Å². The fourth-order valence-corrected chi connectivity index (χ4v) is 4.91. The summed E-state index contributed by atoms with van der Waals surface area (Å²) in [4.78, 5) is 25.1. The summed E-state index contributed by atoms with van der Waals surface area (Å²) in [5.74, 6) is 0.511. The number of amides is 1. The highest BCUT2D eigenvalue weighted by atomic mass is 16.2. The summed E-state index contributed by atoms with van der Waals surface area (Å²) in [5.41, 5.74) is 0. The van der Waals surface area contributed by atoms with E-state index in [4.69, 9.17) is 0 Å². The summed E-state index contributed by atoms with van der Waals surface area (Å²) < 4.78 is 0. The van der Waals surface area contributed by atoms with Crippen LogP contribution in [0.15, 0.2) is 0 Å². The maximum absolute atomic E-state index is 12.8. The van der Waals surface area contributed by atoms with Gasteiger partial charge in [-0.15, -0.1) is 0 Å². The van der Waals surface area contributed by atoms with Crippen LogP contribution in [-0.4, -0.2) is 17.7 Å². The topological polar surface area (TPSA) is 46.2 Å². The van der Waals surface area contributed by atoms with Crippen LogP contribution in [0.3, 0.4) is 0 Å². The summed E-state index contributed by atoms with van der Waals surface area (Å²) in [6.07, 6.45) is 29.4. The second kappa shape index (κ2) is 26.2. The quantitative estimate of drug-likeness (QED) is 0.116. The maximum Gasteiger partial charge on any atom is 0.220 e. The van der Waals surface area contributed by atoms with Crippen molar-refractivity contribution in [2.45, 2.75) is 188 Å². The molecule has 0 saturated carbocycles. The molecule has 0 aliphatic rings. The van der Waals surface area contributed by atoms with Crippen LogP contribution in [0, 0.1) is 5.92 Å². The molecule has 3 nitrogen and oxygen atoms in total. The van der Waals surface area contributed by atoms with Crippen LogP contribution in [0.2, 0.25) is 0 Å². The zero-order valence-corrected chi connectivity index (χ0v) is 24.4. The van der Waals surface area contributed by atoms with Gasteiger partial charge in [0.2, 0.25) is 5.91 Å². The van der Waals surface area contributed by atoms with Gasteiger partial charge in [0.25, 0.3) is 0 Å². The Bertz CT molecular complexity index is 476. The van der Waals surface area contributed by atoms with E-state index < -0.39 is 0 Å². The Balaban J connectivity index is 3.69. The van der Waals surface area contributed by atoms with Crippen molar-refractivity contribution in [3.05, 3.63) is 0 Å². The molecule has 0 aromatic heterocycles. The van der Waals surface area contributed by atoms with Crippen LogP contribution in [0.5, 0.6) is 0 Å². The van der Waals surface area contributed by atoms with Gasteiger partial charge in [0, 0.05) is 12.8 Å². The van der Waals surface area contributed by atoms with Gasteiger partial charge in [0.15, 0.2) is 5.78 Å². The zero-order chi connectivity index (χ0) is 26.0. The van der Waals surface area contributed by atoms with Crippen molar-refractivity contribution < 1.29 is 9.59 Å². The van der Waals surface area contributed by atoms with Crippen molar-refractivity contribution in [2.75, 3.05) is 0 Å². The molecule has 0 saturated heterocycles. The van der Waals surface area contributed by atoms with Gasteiger partial charge in [0.1, 0.15) is 0 Å². The van der Waals surface area contributed by atoms with E-state index >= 15 is 0 Å². The lowest BCUT2D eigenvalue weighted by atomic mass is 9.92. The summed E-state index contributed by atoms with van der Waals surface area (Å²) in [6.45, 7) is 8.66. The fraction of sp³-hybridized carbons (Fsp3) is 0.938. The first-order valence-electron chi connectivity index (χ1n) is 15.9. The molecule has 208 valence electrons. The molecule has 3 heteroatoms. The van der Waals surface area contributed by atoms with Crippen LogP contribution >= 0.6 is 0 Å². The van der Waals surface area contributed by atoms with E-state index in [1.807, 2.05) is 0 Å². The number of hydrogen-bond acceptors (Lipinski definition) is 2. The smallest absolute Gasteiger partial charge is 0.220 e. The Morgan fingerprint density at radius 2 is 0.857 bits per heavy atom. The van der Waals surface area contributed by atoms with E-state index in [1.165, 1.54) is 109 Å². The zero-order valence-electron chi connectivity index (χ0n) is 24.4. The number of ketones is 1. The maximum atomic E-state index is 12.8. The minimum Gasteiger partial charge on any atom is -0.346 e. The predicted molar refractivity (Wildman–Crippen MR) is 154 cm³/mol. The van der Waals surface area contributed by atoms with E-state index in [2.05, 4.69) is 33.0 Å². The lowest BCUT2D eigenvalue weighted by Crippen LogP contribution is -2.45. The molecule has 0 rings (SSSR count). The van der Waals surface area contributed by atoms with Crippen molar-refractivity contribution >= 4 is 11.7 Å². The first-order chi connectivity index (χ1) is 17.1. The number of unbranched alkanes of at least 4 members (excludes halogenated alkanes) is 19. The highest BCUT2D eigenvalue weighted by Gasteiger charge is 2.24. The van der Waals surface area contributed by atoms with Gasteiger partial charge in [-0.1, -0.05) is 156 Å². The second-order valence-corrected chi connectivity index (χ2v) is 11.1. The largest absolute Gasteiger partial charge is 0.346 e. The number of hydrogen-bond donors (Lipinski definition) is 1. The Labute approximate surface area is 220 Å². The van der Waals surface area contributed by atoms with Crippen molar-refractivity contribution in [2.24, 2.45) is 5.92 Å². The number of rotatable bonds is 27. The van der Waals surface area contributed by atoms with E-state index in [-0.39, 0.29) is 23.7 Å².